The number of aliphatic carboxylic acids is 1. The minimum absolute atomic E-state index is 0.0601. The van der Waals surface area contributed by atoms with Crippen molar-refractivity contribution in [3.05, 3.63) is 11.4 Å². The van der Waals surface area contributed by atoms with Gasteiger partial charge >= 0.3 is 12.1 Å². The second kappa shape index (κ2) is 5.34. The Morgan fingerprint density at radius 1 is 1.43 bits per heavy atom. The zero-order chi connectivity index (χ0) is 15.8. The summed E-state index contributed by atoms with van der Waals surface area (Å²) in [7, 11) is 0. The van der Waals surface area contributed by atoms with Crippen molar-refractivity contribution in [2.24, 2.45) is 0 Å². The molecular formula is C13H20N4O4. The molecular weight excluding hydrogens is 276 g/mol. The minimum atomic E-state index is -0.999. The van der Waals surface area contributed by atoms with E-state index >= 15 is 0 Å². The molecule has 0 unspecified atom stereocenters. The topological polar surface area (TPSA) is 97.5 Å². The van der Waals surface area contributed by atoms with Gasteiger partial charge in [-0.15, -0.1) is 5.10 Å². The highest BCUT2D eigenvalue weighted by Crippen LogP contribution is 2.28. The number of rotatable bonds is 2. The number of carboxylic acids is 1. The number of nitrogens with zero attached hydrogens (tertiary/aromatic N) is 4. The Labute approximate surface area is 122 Å². The normalized spacial score (nSPS) is 18.3. The van der Waals surface area contributed by atoms with Gasteiger partial charge in [0.2, 0.25) is 0 Å². The van der Waals surface area contributed by atoms with Gasteiger partial charge in [0.05, 0.1) is 12.2 Å². The lowest BCUT2D eigenvalue weighted by Gasteiger charge is -2.32. The molecule has 1 N–H and O–H groups in total. The molecule has 1 aromatic rings. The number of hydrogen-bond donors (Lipinski definition) is 1. The van der Waals surface area contributed by atoms with Crippen molar-refractivity contribution in [2.45, 2.75) is 52.3 Å². The van der Waals surface area contributed by atoms with Crippen LogP contribution in [0.15, 0.2) is 0 Å². The summed E-state index contributed by atoms with van der Waals surface area (Å²) in [5.41, 5.74) is 0.461. The van der Waals surface area contributed by atoms with Crippen molar-refractivity contribution < 1.29 is 19.4 Å². The number of fused-ring (bicyclic) bond motifs is 1. The van der Waals surface area contributed by atoms with Crippen molar-refractivity contribution in [1.82, 2.24) is 19.9 Å². The molecule has 0 radical (unpaired) electrons. The molecule has 8 heteroatoms. The summed E-state index contributed by atoms with van der Waals surface area (Å²) in [4.78, 5) is 25.0. The summed E-state index contributed by atoms with van der Waals surface area (Å²) in [6, 6.07) is 0. The molecule has 2 rings (SSSR count). The fourth-order valence-electron chi connectivity index (χ4n) is 2.30. The fraction of sp³-hybridized carbons (Fsp3) is 0.692. The number of carbonyl (C=O) groups excluding carboxylic acids is 1. The molecule has 0 saturated carbocycles. The Balaban J connectivity index is 2.28. The molecule has 1 aliphatic rings. The molecule has 1 atom stereocenters. The third kappa shape index (κ3) is 3.14. The van der Waals surface area contributed by atoms with Crippen LogP contribution < -0.4 is 0 Å². The lowest BCUT2D eigenvalue weighted by atomic mass is 9.98. The molecule has 0 aliphatic carbocycles. The van der Waals surface area contributed by atoms with Gasteiger partial charge in [-0.25, -0.2) is 9.48 Å². The largest absolute Gasteiger partial charge is 0.481 e. The predicted octanol–water partition coefficient (Wildman–Crippen LogP) is 1.22. The molecule has 0 aromatic carbocycles. The van der Waals surface area contributed by atoms with E-state index in [2.05, 4.69) is 10.3 Å². The van der Waals surface area contributed by atoms with Crippen LogP contribution >= 0.6 is 0 Å². The Bertz CT molecular complexity index is 561. The number of amides is 1. The van der Waals surface area contributed by atoms with Crippen molar-refractivity contribution >= 4 is 12.1 Å². The number of aromatic nitrogens is 3. The van der Waals surface area contributed by atoms with E-state index in [9.17, 15) is 14.7 Å². The number of ether oxygens (including phenoxy) is 1. The van der Waals surface area contributed by atoms with Crippen LogP contribution in [0.4, 0.5) is 4.79 Å². The average molecular weight is 296 g/mol. The number of hydrogen-bond acceptors (Lipinski definition) is 5. The van der Waals surface area contributed by atoms with Gasteiger partial charge in [-0.05, 0) is 27.7 Å². The molecule has 1 amide bonds. The summed E-state index contributed by atoms with van der Waals surface area (Å²) in [5, 5.41) is 17.3. The Morgan fingerprint density at radius 2 is 2.10 bits per heavy atom. The smallest absolute Gasteiger partial charge is 0.410 e. The molecule has 2 heterocycles. The van der Waals surface area contributed by atoms with Gasteiger partial charge in [0, 0.05) is 13.1 Å². The van der Waals surface area contributed by atoms with E-state index in [1.54, 1.807) is 25.5 Å². The first kappa shape index (κ1) is 15.3. The fourth-order valence-corrected chi connectivity index (χ4v) is 2.30. The third-order valence-electron chi connectivity index (χ3n) is 3.17. The van der Waals surface area contributed by atoms with Crippen LogP contribution in [-0.4, -0.2) is 49.2 Å². The van der Waals surface area contributed by atoms with Crippen LogP contribution in [0, 0.1) is 0 Å². The van der Waals surface area contributed by atoms with E-state index in [-0.39, 0.29) is 13.1 Å². The van der Waals surface area contributed by atoms with Gasteiger partial charge in [-0.3, -0.25) is 4.79 Å². The van der Waals surface area contributed by atoms with Gasteiger partial charge in [-0.1, -0.05) is 5.21 Å². The van der Waals surface area contributed by atoms with Gasteiger partial charge in [0.25, 0.3) is 0 Å². The highest BCUT2D eigenvalue weighted by atomic mass is 16.6. The zero-order valence-corrected chi connectivity index (χ0v) is 12.7. The maximum atomic E-state index is 12.1. The quantitative estimate of drug-likeness (QED) is 0.881. The zero-order valence-electron chi connectivity index (χ0n) is 12.7. The summed E-state index contributed by atoms with van der Waals surface area (Å²) in [6.07, 6.45) is -0.537. The molecule has 0 bridgehead atoms. The molecule has 0 spiro atoms. The lowest BCUT2D eigenvalue weighted by Crippen LogP contribution is -2.43. The van der Waals surface area contributed by atoms with Crippen LogP contribution in [0.3, 0.4) is 0 Å². The van der Waals surface area contributed by atoms with Crippen LogP contribution in [-0.2, 0) is 22.6 Å². The van der Waals surface area contributed by atoms with E-state index < -0.39 is 23.6 Å². The molecule has 1 aliphatic heterocycles. The highest BCUT2D eigenvalue weighted by Gasteiger charge is 2.38. The van der Waals surface area contributed by atoms with E-state index in [1.165, 1.54) is 4.90 Å². The second-order valence-electron chi connectivity index (χ2n) is 5.99. The standard InChI is InChI=1S/C13H20N4O4/c1-5-17-10-8(11(18)19)6-16(7-9(10)14-15-17)12(20)21-13(2,3)4/h8H,5-7H2,1-4H3,(H,18,19)/t8-/m1/s1. The van der Waals surface area contributed by atoms with Gasteiger partial charge < -0.3 is 14.7 Å². The van der Waals surface area contributed by atoms with Crippen LogP contribution in [0.1, 0.15) is 45.0 Å². The monoisotopic (exact) mass is 296 g/mol. The molecule has 0 fully saturated rings. The van der Waals surface area contributed by atoms with E-state index in [4.69, 9.17) is 4.74 Å². The summed E-state index contributed by atoms with van der Waals surface area (Å²) >= 11 is 0. The molecule has 21 heavy (non-hydrogen) atoms. The summed E-state index contributed by atoms with van der Waals surface area (Å²) < 4.78 is 6.86. The Hall–Kier alpha value is -2.12. The van der Waals surface area contributed by atoms with Crippen molar-refractivity contribution in [2.75, 3.05) is 6.54 Å². The van der Waals surface area contributed by atoms with Crippen molar-refractivity contribution in [1.29, 1.82) is 0 Å². The van der Waals surface area contributed by atoms with E-state index in [0.29, 0.717) is 17.9 Å². The number of carbonyl (C=O) groups is 2. The first-order valence-electron chi connectivity index (χ1n) is 6.86. The lowest BCUT2D eigenvalue weighted by molar-refractivity contribution is -0.139. The van der Waals surface area contributed by atoms with Gasteiger partial charge in [0.15, 0.2) is 0 Å². The summed E-state index contributed by atoms with van der Waals surface area (Å²) in [5.74, 6) is -1.84. The van der Waals surface area contributed by atoms with Crippen LogP contribution in [0.5, 0.6) is 0 Å². The van der Waals surface area contributed by atoms with Crippen LogP contribution in [0.25, 0.3) is 0 Å². The van der Waals surface area contributed by atoms with Crippen molar-refractivity contribution in [3.8, 4) is 0 Å². The van der Waals surface area contributed by atoms with Crippen LogP contribution in [0.2, 0.25) is 0 Å². The van der Waals surface area contributed by atoms with E-state index in [0.717, 1.165) is 0 Å². The number of aryl methyl sites for hydroxylation is 1. The molecule has 8 nitrogen and oxygen atoms in total. The first-order valence-corrected chi connectivity index (χ1v) is 6.86. The summed E-state index contributed by atoms with van der Waals surface area (Å²) in [6.45, 7) is 7.98. The maximum absolute atomic E-state index is 12.1. The Kier molecular flexibility index (Phi) is 3.89. The molecule has 1 aromatic heterocycles. The third-order valence-corrected chi connectivity index (χ3v) is 3.17. The van der Waals surface area contributed by atoms with Gasteiger partial charge in [0.1, 0.15) is 17.2 Å². The van der Waals surface area contributed by atoms with Crippen molar-refractivity contribution in [3.63, 3.8) is 0 Å². The highest BCUT2D eigenvalue weighted by molar-refractivity contribution is 5.78. The Morgan fingerprint density at radius 3 is 2.62 bits per heavy atom. The maximum Gasteiger partial charge on any atom is 0.410 e. The minimum Gasteiger partial charge on any atom is -0.481 e. The second-order valence-corrected chi connectivity index (χ2v) is 5.99. The first-order chi connectivity index (χ1) is 9.73. The van der Waals surface area contributed by atoms with Gasteiger partial charge in [-0.2, -0.15) is 0 Å². The predicted molar refractivity (Wildman–Crippen MR) is 72.7 cm³/mol. The SMILES string of the molecule is CCn1nnc2c1[C@H](C(=O)O)CN(C(=O)OC(C)(C)C)C2. The molecule has 0 saturated heterocycles. The average Bonchev–Trinajstić information content (AvgIpc) is 2.78. The molecule has 116 valence electrons. The van der Waals surface area contributed by atoms with E-state index in [1.807, 2.05) is 6.92 Å². The number of carboxylic acid groups (broad SMARTS) is 1.